The molecule has 1 heterocycles. The van der Waals surface area contributed by atoms with Crippen LogP contribution in [0, 0.1) is 5.92 Å². The molecule has 152 valence electrons. The Morgan fingerprint density at radius 1 is 1.37 bits per heavy atom. The van der Waals surface area contributed by atoms with Crippen LogP contribution in [0.5, 0.6) is 5.75 Å². The Kier molecular flexibility index (Phi) is 8.88. The van der Waals surface area contributed by atoms with Gasteiger partial charge in [0.1, 0.15) is 5.75 Å². The van der Waals surface area contributed by atoms with E-state index in [0.717, 1.165) is 56.5 Å². The molecule has 1 saturated heterocycles. The van der Waals surface area contributed by atoms with Crippen molar-refractivity contribution in [2.75, 3.05) is 52.9 Å². The van der Waals surface area contributed by atoms with Gasteiger partial charge in [0.2, 0.25) is 0 Å². The quantitative estimate of drug-likeness (QED) is 0.512. The molecule has 1 aromatic carbocycles. The van der Waals surface area contributed by atoms with Crippen LogP contribution in [0.15, 0.2) is 29.3 Å². The van der Waals surface area contributed by atoms with Crippen LogP contribution in [0.4, 0.5) is 0 Å². The van der Waals surface area contributed by atoms with E-state index < -0.39 is 6.10 Å². The zero-order valence-electron chi connectivity index (χ0n) is 17.3. The van der Waals surface area contributed by atoms with Gasteiger partial charge in [0.15, 0.2) is 5.96 Å². The van der Waals surface area contributed by atoms with Gasteiger partial charge < -0.3 is 25.0 Å². The molecule has 0 amide bonds. The highest BCUT2D eigenvalue weighted by Crippen LogP contribution is 2.20. The number of hydrogen-bond donors (Lipinski definition) is 2. The molecule has 0 bridgehead atoms. The normalized spacial score (nSPS) is 18.8. The topological polar surface area (TPSA) is 60.3 Å². The lowest BCUT2D eigenvalue weighted by molar-refractivity contribution is 0.186. The maximum Gasteiger partial charge on any atom is 0.194 e. The van der Waals surface area contributed by atoms with E-state index in [1.165, 1.54) is 6.42 Å². The second-order valence-electron chi connectivity index (χ2n) is 7.07. The number of nitrogens with one attached hydrogen (secondary N) is 1. The summed E-state index contributed by atoms with van der Waals surface area (Å²) in [6.45, 7) is 13.1. The molecule has 2 N–H and O–H groups in total. The summed E-state index contributed by atoms with van der Waals surface area (Å²) >= 11 is 0. The molecule has 1 aliphatic rings. The molecule has 0 radical (unpaired) electrons. The lowest BCUT2D eigenvalue weighted by atomic mass is 10.1. The van der Waals surface area contributed by atoms with Crippen LogP contribution >= 0.6 is 0 Å². The van der Waals surface area contributed by atoms with Crippen molar-refractivity contribution in [1.82, 2.24) is 15.1 Å². The summed E-state index contributed by atoms with van der Waals surface area (Å²) in [5, 5.41) is 13.9. The largest absolute Gasteiger partial charge is 0.497 e. The van der Waals surface area contributed by atoms with E-state index in [1.807, 2.05) is 24.3 Å². The number of methoxy groups -OCH3 is 1. The van der Waals surface area contributed by atoms with E-state index in [1.54, 1.807) is 7.11 Å². The van der Waals surface area contributed by atoms with Gasteiger partial charge in [0.25, 0.3) is 0 Å². The first-order valence-electron chi connectivity index (χ1n) is 10.2. The molecule has 27 heavy (non-hydrogen) atoms. The molecule has 1 fully saturated rings. The van der Waals surface area contributed by atoms with Gasteiger partial charge in [-0.3, -0.25) is 4.99 Å². The monoisotopic (exact) mass is 376 g/mol. The third-order valence-electron chi connectivity index (χ3n) is 5.22. The second kappa shape index (κ2) is 11.1. The highest BCUT2D eigenvalue weighted by atomic mass is 16.5. The maximum absolute atomic E-state index is 10.5. The summed E-state index contributed by atoms with van der Waals surface area (Å²) in [5.74, 6) is 2.33. The van der Waals surface area contributed by atoms with Crippen molar-refractivity contribution in [3.63, 3.8) is 0 Å². The van der Waals surface area contributed by atoms with Crippen LogP contribution in [-0.2, 0) is 0 Å². The van der Waals surface area contributed by atoms with Gasteiger partial charge in [-0.15, -0.1) is 0 Å². The number of guanidine groups is 1. The molecule has 2 rings (SSSR count). The number of hydrogen-bond acceptors (Lipinski definition) is 4. The SMILES string of the molecule is CCNC(=NCC(O)c1cccc(OC)c1)N1CCC(CN(CC)CC)C1. The standard InChI is InChI=1S/C21H36N4O2/c1-5-22-21(25-12-11-17(16-25)15-24(6-2)7-3)23-14-20(26)18-9-8-10-19(13-18)27-4/h8-10,13,17,20,26H,5-7,11-12,14-16H2,1-4H3,(H,22,23). The number of aliphatic imine (C=N–C) groups is 1. The lowest BCUT2D eigenvalue weighted by Crippen LogP contribution is -2.41. The smallest absolute Gasteiger partial charge is 0.194 e. The first-order chi connectivity index (χ1) is 13.1. The van der Waals surface area contributed by atoms with Crippen LogP contribution in [0.25, 0.3) is 0 Å². The Morgan fingerprint density at radius 3 is 2.81 bits per heavy atom. The van der Waals surface area contributed by atoms with E-state index in [-0.39, 0.29) is 0 Å². The molecule has 0 spiro atoms. The number of ether oxygens (including phenoxy) is 1. The fourth-order valence-corrected chi connectivity index (χ4v) is 3.57. The minimum atomic E-state index is -0.636. The van der Waals surface area contributed by atoms with Crippen molar-refractivity contribution in [2.45, 2.75) is 33.3 Å². The van der Waals surface area contributed by atoms with Gasteiger partial charge in [-0.05, 0) is 50.0 Å². The third kappa shape index (κ3) is 6.40. The molecule has 0 saturated carbocycles. The van der Waals surface area contributed by atoms with Gasteiger partial charge in [0, 0.05) is 26.2 Å². The number of benzene rings is 1. The molecule has 1 aromatic rings. The van der Waals surface area contributed by atoms with Gasteiger partial charge in [-0.1, -0.05) is 26.0 Å². The molecule has 2 unspecified atom stereocenters. The molecular weight excluding hydrogens is 340 g/mol. The third-order valence-corrected chi connectivity index (χ3v) is 5.22. The highest BCUT2D eigenvalue weighted by Gasteiger charge is 2.26. The van der Waals surface area contributed by atoms with E-state index >= 15 is 0 Å². The van der Waals surface area contributed by atoms with Crippen molar-refractivity contribution in [3.8, 4) is 5.75 Å². The van der Waals surface area contributed by atoms with Crippen molar-refractivity contribution >= 4 is 5.96 Å². The molecule has 0 aromatic heterocycles. The van der Waals surface area contributed by atoms with E-state index in [0.29, 0.717) is 12.5 Å². The average Bonchev–Trinajstić information content (AvgIpc) is 3.17. The lowest BCUT2D eigenvalue weighted by Gasteiger charge is -2.24. The fourth-order valence-electron chi connectivity index (χ4n) is 3.57. The summed E-state index contributed by atoms with van der Waals surface area (Å²) < 4.78 is 5.24. The Balaban J connectivity index is 1.97. The maximum atomic E-state index is 10.5. The Bertz CT molecular complexity index is 589. The van der Waals surface area contributed by atoms with E-state index in [4.69, 9.17) is 9.73 Å². The Morgan fingerprint density at radius 2 is 2.15 bits per heavy atom. The zero-order valence-corrected chi connectivity index (χ0v) is 17.3. The number of aliphatic hydroxyl groups is 1. The highest BCUT2D eigenvalue weighted by molar-refractivity contribution is 5.80. The number of nitrogens with zero attached hydrogens (tertiary/aromatic N) is 3. The van der Waals surface area contributed by atoms with E-state index in [2.05, 4.69) is 35.9 Å². The van der Waals surface area contributed by atoms with Crippen LogP contribution in [-0.4, -0.2) is 73.8 Å². The summed E-state index contributed by atoms with van der Waals surface area (Å²) in [5.41, 5.74) is 0.829. The molecule has 2 atom stereocenters. The summed E-state index contributed by atoms with van der Waals surface area (Å²) in [6, 6.07) is 7.54. The molecular formula is C21H36N4O2. The van der Waals surface area contributed by atoms with Gasteiger partial charge in [-0.25, -0.2) is 0 Å². The van der Waals surface area contributed by atoms with Crippen LogP contribution in [0.3, 0.4) is 0 Å². The second-order valence-corrected chi connectivity index (χ2v) is 7.07. The predicted molar refractivity (Wildman–Crippen MR) is 111 cm³/mol. The fraction of sp³-hybridized carbons (Fsp3) is 0.667. The van der Waals surface area contributed by atoms with Gasteiger partial charge in [-0.2, -0.15) is 0 Å². The van der Waals surface area contributed by atoms with Gasteiger partial charge >= 0.3 is 0 Å². The minimum absolute atomic E-state index is 0.340. The van der Waals surface area contributed by atoms with E-state index in [9.17, 15) is 5.11 Å². The minimum Gasteiger partial charge on any atom is -0.497 e. The molecule has 6 nitrogen and oxygen atoms in total. The molecule has 6 heteroatoms. The first-order valence-corrected chi connectivity index (χ1v) is 10.2. The van der Waals surface area contributed by atoms with Crippen molar-refractivity contribution in [3.05, 3.63) is 29.8 Å². The summed E-state index contributed by atoms with van der Waals surface area (Å²) in [6.07, 6.45) is 0.558. The van der Waals surface area contributed by atoms with Crippen molar-refractivity contribution in [2.24, 2.45) is 10.9 Å². The summed E-state index contributed by atoms with van der Waals surface area (Å²) in [4.78, 5) is 9.53. The van der Waals surface area contributed by atoms with Crippen molar-refractivity contribution < 1.29 is 9.84 Å². The zero-order chi connectivity index (χ0) is 19.6. The number of likely N-dealkylation sites (tertiary alicyclic amines) is 1. The number of aliphatic hydroxyl groups excluding tert-OH is 1. The Hall–Kier alpha value is -1.79. The van der Waals surface area contributed by atoms with Crippen LogP contribution in [0.2, 0.25) is 0 Å². The Labute approximate surface area is 164 Å². The van der Waals surface area contributed by atoms with Crippen molar-refractivity contribution in [1.29, 1.82) is 0 Å². The first kappa shape index (κ1) is 21.5. The average molecular weight is 377 g/mol. The molecule has 0 aliphatic carbocycles. The number of rotatable bonds is 9. The predicted octanol–water partition coefficient (Wildman–Crippen LogP) is 2.36. The van der Waals surface area contributed by atoms with Gasteiger partial charge in [0.05, 0.1) is 19.8 Å². The van der Waals surface area contributed by atoms with Crippen LogP contribution in [0.1, 0.15) is 38.9 Å². The van der Waals surface area contributed by atoms with Crippen LogP contribution < -0.4 is 10.1 Å². The molecule has 1 aliphatic heterocycles. The summed E-state index contributed by atoms with van der Waals surface area (Å²) in [7, 11) is 1.63.